The quantitative estimate of drug-likeness (QED) is 0.555. The van der Waals surface area contributed by atoms with Crippen LogP contribution in [-0.4, -0.2) is 36.9 Å². The summed E-state index contributed by atoms with van der Waals surface area (Å²) in [5.74, 6) is -0.134. The molecule has 0 aliphatic carbocycles. The summed E-state index contributed by atoms with van der Waals surface area (Å²) >= 11 is 0. The molecule has 2 N–H and O–H groups in total. The van der Waals surface area contributed by atoms with E-state index >= 15 is 0 Å². The second-order valence-corrected chi connectivity index (χ2v) is 2.74. The minimum atomic E-state index is -0.134. The standard InChI is InChI=1S/C8H17NO3/c1-7(2)12-6-4-9-8(11)3-5-10/h7,10H,3-6H2,1-2H3,(H,9,11). The molecule has 0 unspecified atom stereocenters. The van der Waals surface area contributed by atoms with Gasteiger partial charge in [0.25, 0.3) is 0 Å². The number of aliphatic hydroxyl groups excluding tert-OH is 1. The number of rotatable bonds is 6. The molecule has 0 aromatic rings. The molecule has 4 nitrogen and oxygen atoms in total. The number of aliphatic hydroxyl groups is 1. The van der Waals surface area contributed by atoms with Crippen LogP contribution in [0.3, 0.4) is 0 Å². The maximum atomic E-state index is 10.8. The van der Waals surface area contributed by atoms with Gasteiger partial charge in [-0.05, 0) is 13.8 Å². The number of amides is 1. The summed E-state index contributed by atoms with van der Waals surface area (Å²) in [6.07, 6.45) is 0.363. The second kappa shape index (κ2) is 7.06. The second-order valence-electron chi connectivity index (χ2n) is 2.74. The molecule has 0 saturated carbocycles. The normalized spacial score (nSPS) is 10.3. The highest BCUT2D eigenvalue weighted by molar-refractivity contribution is 5.75. The van der Waals surface area contributed by atoms with Crippen LogP contribution in [0.15, 0.2) is 0 Å². The Morgan fingerprint density at radius 2 is 2.25 bits per heavy atom. The average molecular weight is 175 g/mol. The first-order valence-corrected chi connectivity index (χ1v) is 4.16. The van der Waals surface area contributed by atoms with Crippen molar-refractivity contribution >= 4 is 5.91 Å². The van der Waals surface area contributed by atoms with Crippen LogP contribution in [0.4, 0.5) is 0 Å². The van der Waals surface area contributed by atoms with E-state index in [1.807, 2.05) is 13.8 Å². The van der Waals surface area contributed by atoms with Gasteiger partial charge in [-0.25, -0.2) is 0 Å². The van der Waals surface area contributed by atoms with Crippen LogP contribution in [0.5, 0.6) is 0 Å². The monoisotopic (exact) mass is 175 g/mol. The van der Waals surface area contributed by atoms with E-state index in [1.54, 1.807) is 0 Å². The molecule has 0 rings (SSSR count). The van der Waals surface area contributed by atoms with E-state index in [9.17, 15) is 4.79 Å². The number of carbonyl (C=O) groups excluding carboxylic acids is 1. The highest BCUT2D eigenvalue weighted by Crippen LogP contribution is 1.85. The van der Waals surface area contributed by atoms with Crippen molar-refractivity contribution in [3.63, 3.8) is 0 Å². The molecule has 0 aromatic heterocycles. The van der Waals surface area contributed by atoms with Gasteiger partial charge in [-0.1, -0.05) is 0 Å². The summed E-state index contributed by atoms with van der Waals surface area (Å²) in [7, 11) is 0. The van der Waals surface area contributed by atoms with Gasteiger partial charge in [0.2, 0.25) is 5.91 Å². The Hall–Kier alpha value is -0.610. The zero-order valence-corrected chi connectivity index (χ0v) is 7.67. The van der Waals surface area contributed by atoms with Crippen LogP contribution >= 0.6 is 0 Å². The molecule has 4 heteroatoms. The maximum Gasteiger partial charge on any atom is 0.222 e. The Bertz CT molecular complexity index is 125. The van der Waals surface area contributed by atoms with Gasteiger partial charge in [0, 0.05) is 13.0 Å². The largest absolute Gasteiger partial charge is 0.396 e. The smallest absolute Gasteiger partial charge is 0.222 e. The Labute approximate surface area is 72.9 Å². The molecule has 0 spiro atoms. The number of carbonyl (C=O) groups is 1. The third kappa shape index (κ3) is 7.50. The van der Waals surface area contributed by atoms with Crippen molar-refractivity contribution in [2.45, 2.75) is 26.4 Å². The van der Waals surface area contributed by atoms with Crippen LogP contribution in [0.1, 0.15) is 20.3 Å². The molecule has 0 saturated heterocycles. The van der Waals surface area contributed by atoms with E-state index in [-0.39, 0.29) is 25.0 Å². The fraction of sp³-hybridized carbons (Fsp3) is 0.875. The molecular formula is C8H17NO3. The first kappa shape index (κ1) is 11.4. The summed E-state index contributed by atoms with van der Waals surface area (Å²) in [4.78, 5) is 10.8. The number of ether oxygens (including phenoxy) is 1. The summed E-state index contributed by atoms with van der Waals surface area (Å²) in [6, 6.07) is 0. The predicted octanol–water partition coefficient (Wildman–Crippen LogP) is -0.0900. The molecule has 1 amide bonds. The van der Waals surface area contributed by atoms with E-state index in [2.05, 4.69) is 5.32 Å². The fourth-order valence-corrected chi connectivity index (χ4v) is 0.675. The van der Waals surface area contributed by atoms with Crippen molar-refractivity contribution in [1.82, 2.24) is 5.32 Å². The summed E-state index contributed by atoms with van der Waals surface area (Å²) < 4.78 is 5.19. The van der Waals surface area contributed by atoms with Crippen LogP contribution in [-0.2, 0) is 9.53 Å². The lowest BCUT2D eigenvalue weighted by molar-refractivity contribution is -0.122. The molecule has 0 bridgehead atoms. The molecule has 0 atom stereocenters. The zero-order chi connectivity index (χ0) is 9.40. The lowest BCUT2D eigenvalue weighted by Crippen LogP contribution is -2.28. The third-order valence-electron chi connectivity index (χ3n) is 1.21. The molecule has 0 fully saturated rings. The van der Waals surface area contributed by atoms with E-state index < -0.39 is 0 Å². The van der Waals surface area contributed by atoms with Gasteiger partial charge in [0.15, 0.2) is 0 Å². The van der Waals surface area contributed by atoms with Gasteiger partial charge in [-0.3, -0.25) is 4.79 Å². The average Bonchev–Trinajstić information content (AvgIpc) is 1.98. The topological polar surface area (TPSA) is 58.6 Å². The molecule has 72 valence electrons. The van der Waals surface area contributed by atoms with Gasteiger partial charge in [0.05, 0.1) is 19.3 Å². The van der Waals surface area contributed by atoms with Crippen molar-refractivity contribution in [1.29, 1.82) is 0 Å². The van der Waals surface area contributed by atoms with Crippen LogP contribution in [0.2, 0.25) is 0 Å². The fourth-order valence-electron chi connectivity index (χ4n) is 0.675. The molecular weight excluding hydrogens is 158 g/mol. The van der Waals surface area contributed by atoms with Crippen molar-refractivity contribution in [2.24, 2.45) is 0 Å². The molecule has 0 radical (unpaired) electrons. The molecule has 0 heterocycles. The van der Waals surface area contributed by atoms with E-state index in [4.69, 9.17) is 9.84 Å². The molecule has 0 aliphatic heterocycles. The molecule has 12 heavy (non-hydrogen) atoms. The number of hydrogen-bond donors (Lipinski definition) is 2. The highest BCUT2D eigenvalue weighted by atomic mass is 16.5. The van der Waals surface area contributed by atoms with Crippen molar-refractivity contribution in [3.05, 3.63) is 0 Å². The van der Waals surface area contributed by atoms with Gasteiger partial charge in [-0.2, -0.15) is 0 Å². The van der Waals surface area contributed by atoms with Crippen LogP contribution in [0.25, 0.3) is 0 Å². The predicted molar refractivity (Wildman–Crippen MR) is 45.8 cm³/mol. The Kier molecular flexibility index (Phi) is 6.70. The highest BCUT2D eigenvalue weighted by Gasteiger charge is 1.98. The zero-order valence-electron chi connectivity index (χ0n) is 7.67. The molecule has 0 aliphatic rings. The first-order chi connectivity index (χ1) is 5.66. The lowest BCUT2D eigenvalue weighted by atomic mass is 10.4. The van der Waals surface area contributed by atoms with Gasteiger partial charge < -0.3 is 15.2 Å². The van der Waals surface area contributed by atoms with E-state index in [0.717, 1.165) is 0 Å². The number of hydrogen-bond acceptors (Lipinski definition) is 3. The van der Waals surface area contributed by atoms with Crippen molar-refractivity contribution in [2.75, 3.05) is 19.8 Å². The Balaban J connectivity index is 3.14. The summed E-state index contributed by atoms with van der Waals surface area (Å²) in [6.45, 7) is 4.81. The van der Waals surface area contributed by atoms with Crippen molar-refractivity contribution in [3.8, 4) is 0 Å². The maximum absolute atomic E-state index is 10.8. The third-order valence-corrected chi connectivity index (χ3v) is 1.21. The minimum Gasteiger partial charge on any atom is -0.396 e. The summed E-state index contributed by atoms with van der Waals surface area (Å²) in [5, 5.41) is 11.0. The summed E-state index contributed by atoms with van der Waals surface area (Å²) in [5.41, 5.74) is 0. The molecule has 0 aromatic carbocycles. The van der Waals surface area contributed by atoms with E-state index in [0.29, 0.717) is 13.2 Å². The van der Waals surface area contributed by atoms with Gasteiger partial charge in [-0.15, -0.1) is 0 Å². The van der Waals surface area contributed by atoms with Gasteiger partial charge >= 0.3 is 0 Å². The number of nitrogens with one attached hydrogen (secondary N) is 1. The minimum absolute atomic E-state index is 0.100. The Morgan fingerprint density at radius 1 is 1.58 bits per heavy atom. The first-order valence-electron chi connectivity index (χ1n) is 4.16. The van der Waals surface area contributed by atoms with Crippen molar-refractivity contribution < 1.29 is 14.6 Å². The lowest BCUT2D eigenvalue weighted by Gasteiger charge is -2.07. The Morgan fingerprint density at radius 3 is 2.75 bits per heavy atom. The SMILES string of the molecule is CC(C)OCCNC(=O)CCO. The van der Waals surface area contributed by atoms with Crippen LogP contribution < -0.4 is 5.32 Å². The van der Waals surface area contributed by atoms with Crippen LogP contribution in [0, 0.1) is 0 Å². The van der Waals surface area contributed by atoms with E-state index in [1.165, 1.54) is 0 Å². The van der Waals surface area contributed by atoms with Gasteiger partial charge in [0.1, 0.15) is 0 Å².